The van der Waals surface area contributed by atoms with Gasteiger partial charge in [-0.1, -0.05) is 47.6 Å². The number of tetrazole rings is 1. The van der Waals surface area contributed by atoms with Crippen molar-refractivity contribution in [3.63, 3.8) is 0 Å². The molecule has 3 aromatic rings. The SMILES string of the molecule is Cn1nnnc1NCc1ccc(OCc2ccccc2)cc1. The number of hydrogen-bond donors (Lipinski definition) is 1. The first kappa shape index (κ1) is 14.1. The Labute approximate surface area is 128 Å². The van der Waals surface area contributed by atoms with Crippen molar-refractivity contribution in [3.8, 4) is 5.75 Å². The molecule has 0 aliphatic rings. The number of aryl methyl sites for hydroxylation is 1. The number of nitrogens with one attached hydrogen (secondary N) is 1. The number of rotatable bonds is 6. The molecule has 0 bridgehead atoms. The Bertz CT molecular complexity index is 709. The van der Waals surface area contributed by atoms with Gasteiger partial charge in [-0.15, -0.1) is 0 Å². The van der Waals surface area contributed by atoms with Gasteiger partial charge in [0.2, 0.25) is 5.95 Å². The molecule has 0 atom stereocenters. The van der Waals surface area contributed by atoms with E-state index in [0.717, 1.165) is 16.9 Å². The maximum atomic E-state index is 5.76. The number of ether oxygens (including phenoxy) is 1. The van der Waals surface area contributed by atoms with Gasteiger partial charge in [-0.2, -0.15) is 0 Å². The summed E-state index contributed by atoms with van der Waals surface area (Å²) in [6, 6.07) is 18.1. The molecule has 112 valence electrons. The van der Waals surface area contributed by atoms with Crippen molar-refractivity contribution in [3.05, 3.63) is 65.7 Å². The highest BCUT2D eigenvalue weighted by molar-refractivity contribution is 5.31. The zero-order valence-corrected chi connectivity index (χ0v) is 12.3. The van der Waals surface area contributed by atoms with Crippen LogP contribution in [-0.4, -0.2) is 20.2 Å². The zero-order valence-electron chi connectivity index (χ0n) is 12.3. The molecule has 0 saturated carbocycles. The molecule has 0 aliphatic carbocycles. The average Bonchev–Trinajstić information content (AvgIpc) is 2.98. The minimum Gasteiger partial charge on any atom is -0.489 e. The first-order valence-electron chi connectivity index (χ1n) is 7.03. The van der Waals surface area contributed by atoms with Crippen LogP contribution in [0.4, 0.5) is 5.95 Å². The lowest BCUT2D eigenvalue weighted by molar-refractivity contribution is 0.306. The molecule has 0 saturated heterocycles. The molecule has 0 amide bonds. The summed E-state index contributed by atoms with van der Waals surface area (Å²) in [5.41, 5.74) is 2.29. The van der Waals surface area contributed by atoms with E-state index in [1.807, 2.05) is 54.6 Å². The fraction of sp³-hybridized carbons (Fsp3) is 0.188. The molecule has 2 aromatic carbocycles. The molecule has 0 aliphatic heterocycles. The monoisotopic (exact) mass is 295 g/mol. The Morgan fingerprint density at radius 2 is 1.77 bits per heavy atom. The lowest BCUT2D eigenvalue weighted by Gasteiger charge is -2.08. The Hall–Kier alpha value is -2.89. The summed E-state index contributed by atoms with van der Waals surface area (Å²) in [6.07, 6.45) is 0. The fourth-order valence-corrected chi connectivity index (χ4v) is 2.00. The summed E-state index contributed by atoms with van der Waals surface area (Å²) >= 11 is 0. The van der Waals surface area contributed by atoms with Crippen molar-refractivity contribution in [1.29, 1.82) is 0 Å². The van der Waals surface area contributed by atoms with Gasteiger partial charge >= 0.3 is 0 Å². The predicted octanol–water partition coefficient (Wildman–Crippen LogP) is 2.40. The molecule has 1 N–H and O–H groups in total. The molecule has 0 fully saturated rings. The molecule has 0 spiro atoms. The van der Waals surface area contributed by atoms with Gasteiger partial charge in [-0.25, -0.2) is 4.68 Å². The highest BCUT2D eigenvalue weighted by atomic mass is 16.5. The lowest BCUT2D eigenvalue weighted by atomic mass is 10.2. The second-order valence-electron chi connectivity index (χ2n) is 4.90. The second kappa shape index (κ2) is 6.71. The van der Waals surface area contributed by atoms with Crippen LogP contribution in [0.25, 0.3) is 0 Å². The van der Waals surface area contributed by atoms with Crippen LogP contribution in [0.3, 0.4) is 0 Å². The van der Waals surface area contributed by atoms with Crippen molar-refractivity contribution in [2.45, 2.75) is 13.2 Å². The number of benzene rings is 2. The second-order valence-corrected chi connectivity index (χ2v) is 4.90. The van der Waals surface area contributed by atoms with Crippen LogP contribution in [0.1, 0.15) is 11.1 Å². The molecule has 0 unspecified atom stereocenters. The van der Waals surface area contributed by atoms with Gasteiger partial charge in [0, 0.05) is 13.6 Å². The van der Waals surface area contributed by atoms with Gasteiger partial charge in [-0.05, 0) is 33.7 Å². The van der Waals surface area contributed by atoms with Gasteiger partial charge in [0.25, 0.3) is 0 Å². The van der Waals surface area contributed by atoms with Crippen LogP contribution < -0.4 is 10.1 Å². The first-order chi connectivity index (χ1) is 10.8. The average molecular weight is 295 g/mol. The van der Waals surface area contributed by atoms with E-state index in [2.05, 4.69) is 20.8 Å². The van der Waals surface area contributed by atoms with Gasteiger partial charge in [0.05, 0.1) is 0 Å². The van der Waals surface area contributed by atoms with Crippen LogP contribution in [0.15, 0.2) is 54.6 Å². The van der Waals surface area contributed by atoms with E-state index in [-0.39, 0.29) is 0 Å². The van der Waals surface area contributed by atoms with Gasteiger partial charge in [0.1, 0.15) is 12.4 Å². The summed E-state index contributed by atoms with van der Waals surface area (Å²) < 4.78 is 7.35. The first-order valence-corrected chi connectivity index (χ1v) is 7.03. The van der Waals surface area contributed by atoms with Crippen molar-refractivity contribution in [2.24, 2.45) is 7.05 Å². The van der Waals surface area contributed by atoms with E-state index >= 15 is 0 Å². The van der Waals surface area contributed by atoms with Crippen molar-refractivity contribution < 1.29 is 4.74 Å². The van der Waals surface area contributed by atoms with Crippen molar-refractivity contribution >= 4 is 5.95 Å². The standard InChI is InChI=1S/C16H17N5O/c1-21-16(18-19-20-21)17-11-13-7-9-15(10-8-13)22-12-14-5-3-2-4-6-14/h2-10H,11-12H2,1H3,(H,17,18,20). The third kappa shape index (κ3) is 3.60. The third-order valence-electron chi connectivity index (χ3n) is 3.24. The van der Waals surface area contributed by atoms with Gasteiger partial charge < -0.3 is 10.1 Å². The normalized spacial score (nSPS) is 10.4. The maximum Gasteiger partial charge on any atom is 0.242 e. The largest absolute Gasteiger partial charge is 0.489 e. The zero-order chi connectivity index (χ0) is 15.2. The Morgan fingerprint density at radius 3 is 2.45 bits per heavy atom. The predicted molar refractivity (Wildman–Crippen MR) is 83.3 cm³/mol. The third-order valence-corrected chi connectivity index (χ3v) is 3.24. The van der Waals surface area contributed by atoms with Crippen LogP contribution in [-0.2, 0) is 20.2 Å². The van der Waals surface area contributed by atoms with E-state index in [9.17, 15) is 0 Å². The van der Waals surface area contributed by atoms with Crippen LogP contribution in [0.5, 0.6) is 5.75 Å². The van der Waals surface area contributed by atoms with E-state index in [1.54, 1.807) is 11.7 Å². The molecule has 0 radical (unpaired) electrons. The Kier molecular flexibility index (Phi) is 4.29. The molecular formula is C16H17N5O. The summed E-state index contributed by atoms with van der Waals surface area (Å²) in [6.45, 7) is 1.23. The van der Waals surface area contributed by atoms with Crippen LogP contribution >= 0.6 is 0 Å². The van der Waals surface area contributed by atoms with E-state index in [1.165, 1.54) is 0 Å². The van der Waals surface area contributed by atoms with Crippen molar-refractivity contribution in [2.75, 3.05) is 5.32 Å². The highest BCUT2D eigenvalue weighted by Crippen LogP contribution is 2.15. The maximum absolute atomic E-state index is 5.76. The van der Waals surface area contributed by atoms with Gasteiger partial charge in [0.15, 0.2) is 0 Å². The quantitative estimate of drug-likeness (QED) is 0.756. The summed E-state index contributed by atoms with van der Waals surface area (Å²) in [7, 11) is 1.79. The van der Waals surface area contributed by atoms with E-state index < -0.39 is 0 Å². The van der Waals surface area contributed by atoms with Crippen LogP contribution in [0.2, 0.25) is 0 Å². The number of aromatic nitrogens is 4. The molecule has 6 nitrogen and oxygen atoms in total. The van der Waals surface area contributed by atoms with Crippen LogP contribution in [0, 0.1) is 0 Å². The molecular weight excluding hydrogens is 278 g/mol. The minimum atomic E-state index is 0.572. The number of anilines is 1. The molecule has 1 heterocycles. The topological polar surface area (TPSA) is 64.9 Å². The van der Waals surface area contributed by atoms with Crippen molar-refractivity contribution in [1.82, 2.24) is 20.2 Å². The molecule has 3 rings (SSSR count). The Morgan fingerprint density at radius 1 is 1.00 bits per heavy atom. The van der Waals surface area contributed by atoms with E-state index in [0.29, 0.717) is 19.1 Å². The summed E-state index contributed by atoms with van der Waals surface area (Å²) in [5, 5.41) is 14.4. The van der Waals surface area contributed by atoms with E-state index in [4.69, 9.17) is 4.74 Å². The van der Waals surface area contributed by atoms with Gasteiger partial charge in [-0.3, -0.25) is 0 Å². The summed E-state index contributed by atoms with van der Waals surface area (Å²) in [5.74, 6) is 1.50. The lowest BCUT2D eigenvalue weighted by Crippen LogP contribution is -2.05. The highest BCUT2D eigenvalue weighted by Gasteiger charge is 2.01. The molecule has 22 heavy (non-hydrogen) atoms. The minimum absolute atomic E-state index is 0.572. The number of hydrogen-bond acceptors (Lipinski definition) is 5. The summed E-state index contributed by atoms with van der Waals surface area (Å²) in [4.78, 5) is 0. The smallest absolute Gasteiger partial charge is 0.242 e. The number of nitrogens with zero attached hydrogens (tertiary/aromatic N) is 4. The Balaban J connectivity index is 1.53. The molecule has 6 heteroatoms. The molecule has 1 aromatic heterocycles. The fourth-order valence-electron chi connectivity index (χ4n) is 2.00.